The fourth-order valence-corrected chi connectivity index (χ4v) is 6.96. The molecule has 2 aromatic rings. The van der Waals surface area contributed by atoms with Gasteiger partial charge in [0.1, 0.15) is 10.7 Å². The van der Waals surface area contributed by atoms with Crippen molar-refractivity contribution >= 4 is 39.7 Å². The molecule has 1 saturated carbocycles. The number of anilines is 2. The van der Waals surface area contributed by atoms with Crippen molar-refractivity contribution in [2.45, 2.75) is 73.9 Å². The van der Waals surface area contributed by atoms with Crippen LogP contribution in [0.5, 0.6) is 0 Å². The molecule has 0 amide bonds. The molecule has 1 saturated heterocycles. The van der Waals surface area contributed by atoms with Crippen molar-refractivity contribution in [3.8, 4) is 0 Å². The SMILES string of the molecule is O=[S@]1CCCc2nc(N3C4C=C(c5ncc(Cl)cn5)CC3CC4)nc(NC3(CO)CCC3)c21. The molecule has 5 heterocycles. The molecule has 0 spiro atoms. The average Bonchev–Trinajstić information content (AvgIpc) is 3.06. The third kappa shape index (κ3) is 3.74. The van der Waals surface area contributed by atoms with Crippen molar-refractivity contribution < 1.29 is 9.32 Å². The highest BCUT2D eigenvalue weighted by atomic mass is 35.5. The van der Waals surface area contributed by atoms with Gasteiger partial charge in [0, 0.05) is 24.2 Å². The normalized spacial score (nSPS) is 27.5. The Labute approximate surface area is 200 Å². The number of aliphatic hydroxyl groups excluding tert-OH is 1. The summed E-state index contributed by atoms with van der Waals surface area (Å²) in [5.41, 5.74) is 1.66. The molecule has 2 bridgehead atoms. The van der Waals surface area contributed by atoms with Crippen LogP contribution in [0.3, 0.4) is 0 Å². The van der Waals surface area contributed by atoms with Crippen LogP contribution in [0.25, 0.3) is 5.57 Å². The number of rotatable bonds is 5. The van der Waals surface area contributed by atoms with E-state index in [-0.39, 0.29) is 24.2 Å². The average molecular weight is 487 g/mol. The minimum Gasteiger partial charge on any atom is -0.394 e. The first-order valence-electron chi connectivity index (χ1n) is 11.7. The lowest BCUT2D eigenvalue weighted by atomic mass is 9.77. The largest absolute Gasteiger partial charge is 0.394 e. The van der Waals surface area contributed by atoms with Crippen LogP contribution in [0.1, 0.15) is 56.5 Å². The van der Waals surface area contributed by atoms with Gasteiger partial charge in [-0.1, -0.05) is 17.7 Å². The first-order valence-corrected chi connectivity index (χ1v) is 13.4. The number of nitrogens with zero attached hydrogens (tertiary/aromatic N) is 5. The summed E-state index contributed by atoms with van der Waals surface area (Å²) < 4.78 is 12.9. The van der Waals surface area contributed by atoms with Crippen molar-refractivity contribution in [2.75, 3.05) is 22.6 Å². The van der Waals surface area contributed by atoms with Gasteiger partial charge in [-0.05, 0) is 56.9 Å². The highest BCUT2D eigenvalue weighted by molar-refractivity contribution is 7.85. The second kappa shape index (κ2) is 8.29. The molecule has 2 aromatic heterocycles. The van der Waals surface area contributed by atoms with Gasteiger partial charge in [0.2, 0.25) is 5.95 Å². The minimum atomic E-state index is -1.12. The van der Waals surface area contributed by atoms with Crippen molar-refractivity contribution in [2.24, 2.45) is 0 Å². The highest BCUT2D eigenvalue weighted by Gasteiger charge is 2.42. The number of aryl methyl sites for hydroxylation is 1. The second-order valence-corrected chi connectivity index (χ2v) is 11.5. The maximum absolute atomic E-state index is 12.9. The Morgan fingerprint density at radius 2 is 2.03 bits per heavy atom. The molecule has 4 aliphatic rings. The zero-order valence-corrected chi connectivity index (χ0v) is 19.9. The molecule has 33 heavy (non-hydrogen) atoms. The topological polar surface area (TPSA) is 104 Å². The molecule has 0 aromatic carbocycles. The summed E-state index contributed by atoms with van der Waals surface area (Å²) in [6, 6.07) is 0.443. The fourth-order valence-electron chi connectivity index (χ4n) is 5.53. The van der Waals surface area contributed by atoms with Crippen LogP contribution in [-0.4, -0.2) is 59.2 Å². The number of nitrogens with one attached hydrogen (secondary N) is 1. The highest BCUT2D eigenvalue weighted by Crippen LogP contribution is 2.42. The van der Waals surface area contributed by atoms with Crippen LogP contribution in [0.4, 0.5) is 11.8 Å². The minimum absolute atomic E-state index is 0.0515. The lowest BCUT2D eigenvalue weighted by Gasteiger charge is -2.42. The molecule has 3 aliphatic heterocycles. The van der Waals surface area contributed by atoms with Gasteiger partial charge >= 0.3 is 0 Å². The van der Waals surface area contributed by atoms with Gasteiger partial charge in [-0.3, -0.25) is 4.21 Å². The van der Waals surface area contributed by atoms with Gasteiger partial charge in [-0.25, -0.2) is 15.0 Å². The first-order chi connectivity index (χ1) is 16.0. The van der Waals surface area contributed by atoms with Gasteiger partial charge in [-0.2, -0.15) is 4.98 Å². The van der Waals surface area contributed by atoms with Crippen molar-refractivity contribution in [1.29, 1.82) is 0 Å². The molecule has 6 rings (SSSR count). The van der Waals surface area contributed by atoms with Crippen molar-refractivity contribution in [3.63, 3.8) is 0 Å². The van der Waals surface area contributed by atoms with E-state index in [1.54, 1.807) is 12.4 Å². The van der Waals surface area contributed by atoms with Crippen molar-refractivity contribution in [1.82, 2.24) is 19.9 Å². The van der Waals surface area contributed by atoms with Gasteiger partial charge in [0.05, 0.1) is 39.7 Å². The maximum Gasteiger partial charge on any atom is 0.228 e. The van der Waals surface area contributed by atoms with E-state index in [0.717, 1.165) is 73.4 Å². The van der Waals surface area contributed by atoms with E-state index in [1.807, 2.05) is 0 Å². The predicted octanol–water partition coefficient (Wildman–Crippen LogP) is 3.13. The van der Waals surface area contributed by atoms with Gasteiger partial charge in [0.15, 0.2) is 5.82 Å². The number of hydrogen-bond acceptors (Lipinski definition) is 8. The molecule has 10 heteroatoms. The van der Waals surface area contributed by atoms with Crippen molar-refractivity contribution in [3.05, 3.63) is 35.0 Å². The lowest BCUT2D eigenvalue weighted by Crippen LogP contribution is -2.49. The quantitative estimate of drug-likeness (QED) is 0.664. The van der Waals surface area contributed by atoms with E-state index in [1.165, 1.54) is 0 Å². The van der Waals surface area contributed by atoms with E-state index < -0.39 is 10.8 Å². The lowest BCUT2D eigenvalue weighted by molar-refractivity contribution is 0.143. The number of fused-ring (bicyclic) bond motifs is 3. The monoisotopic (exact) mass is 486 g/mol. The second-order valence-electron chi connectivity index (χ2n) is 9.54. The number of halogens is 1. The number of hydrogen-bond donors (Lipinski definition) is 2. The van der Waals surface area contributed by atoms with Crippen LogP contribution in [0.2, 0.25) is 5.02 Å². The predicted molar refractivity (Wildman–Crippen MR) is 128 cm³/mol. The molecule has 8 nitrogen and oxygen atoms in total. The summed E-state index contributed by atoms with van der Waals surface area (Å²) >= 11 is 5.96. The Hall–Kier alpha value is -2.10. The number of aliphatic hydroxyl groups is 1. The molecular weight excluding hydrogens is 460 g/mol. The molecule has 1 aliphatic carbocycles. The first kappa shape index (κ1) is 21.4. The van der Waals surface area contributed by atoms with Crippen LogP contribution in [0, 0.1) is 0 Å². The smallest absolute Gasteiger partial charge is 0.228 e. The fraction of sp³-hybridized carbons (Fsp3) is 0.565. The molecule has 0 radical (unpaired) electrons. The molecular formula is C23H27ClN6O2S. The Bertz CT molecular complexity index is 1130. The van der Waals surface area contributed by atoms with Crippen LogP contribution in [0.15, 0.2) is 23.4 Å². The van der Waals surface area contributed by atoms with Gasteiger partial charge < -0.3 is 15.3 Å². The molecule has 2 fully saturated rings. The Morgan fingerprint density at radius 3 is 2.73 bits per heavy atom. The number of aromatic nitrogens is 4. The van der Waals surface area contributed by atoms with Crippen LogP contribution >= 0.6 is 11.6 Å². The van der Waals surface area contributed by atoms with Gasteiger partial charge in [0.25, 0.3) is 0 Å². The summed E-state index contributed by atoms with van der Waals surface area (Å²) in [6.45, 7) is 0.0515. The summed E-state index contributed by atoms with van der Waals surface area (Å²) in [5.74, 6) is 2.72. The zero-order valence-electron chi connectivity index (χ0n) is 18.3. The van der Waals surface area contributed by atoms with E-state index in [9.17, 15) is 9.32 Å². The Morgan fingerprint density at radius 1 is 1.21 bits per heavy atom. The molecule has 3 atom stereocenters. The van der Waals surface area contributed by atoms with E-state index in [2.05, 4.69) is 26.3 Å². The summed E-state index contributed by atoms with van der Waals surface area (Å²) in [4.78, 5) is 21.8. The van der Waals surface area contributed by atoms with Crippen LogP contribution < -0.4 is 10.2 Å². The third-order valence-corrected chi connectivity index (χ3v) is 9.16. The van der Waals surface area contributed by atoms with E-state index >= 15 is 0 Å². The zero-order chi connectivity index (χ0) is 22.6. The maximum atomic E-state index is 12.9. The van der Waals surface area contributed by atoms with Crippen LogP contribution in [-0.2, 0) is 17.2 Å². The summed E-state index contributed by atoms with van der Waals surface area (Å²) in [7, 11) is -1.12. The Balaban J connectivity index is 1.37. The molecule has 174 valence electrons. The summed E-state index contributed by atoms with van der Waals surface area (Å²) in [6.07, 6.45) is 13.0. The Kier molecular flexibility index (Phi) is 5.38. The van der Waals surface area contributed by atoms with E-state index in [0.29, 0.717) is 22.5 Å². The summed E-state index contributed by atoms with van der Waals surface area (Å²) in [5, 5.41) is 14.0. The standard InChI is InChI=1S/C23H27ClN6O2S/c24-15-11-25-20(26-12-15)14-9-16-4-5-17(10-14)30(16)22-27-18-3-1-8-33(32)19(18)21(28-22)29-23(13-31)6-2-7-23/h9,11-12,16-17,31H,1-8,10,13H2,(H,27,28,29)/t16?,17?,33-/m0/s1. The molecule has 2 unspecified atom stereocenters. The van der Waals surface area contributed by atoms with Gasteiger partial charge in [-0.15, -0.1) is 0 Å². The molecule has 2 N–H and O–H groups in total. The third-order valence-electron chi connectivity index (χ3n) is 7.43. The van der Waals surface area contributed by atoms with E-state index in [4.69, 9.17) is 21.6 Å².